The van der Waals surface area contributed by atoms with Gasteiger partial charge in [-0.15, -0.1) is 0 Å². The van der Waals surface area contributed by atoms with Gasteiger partial charge in [0.05, 0.1) is 12.4 Å². The van der Waals surface area contributed by atoms with Crippen LogP contribution in [0.5, 0.6) is 0 Å². The van der Waals surface area contributed by atoms with Crippen molar-refractivity contribution in [2.24, 2.45) is 5.41 Å². The summed E-state index contributed by atoms with van der Waals surface area (Å²) in [7, 11) is 0. The van der Waals surface area contributed by atoms with Crippen molar-refractivity contribution < 1.29 is 0 Å². The maximum absolute atomic E-state index is 8.67. The first-order valence-electron chi connectivity index (χ1n) is 6.14. The van der Waals surface area contributed by atoms with Crippen LogP contribution in [-0.4, -0.2) is 23.1 Å². The van der Waals surface area contributed by atoms with E-state index >= 15 is 0 Å². The molecule has 0 atom stereocenters. The predicted octanol–water partition coefficient (Wildman–Crippen LogP) is 2.36. The molecule has 1 aromatic heterocycles. The van der Waals surface area contributed by atoms with Gasteiger partial charge in [-0.25, -0.2) is 9.97 Å². The lowest BCUT2D eigenvalue weighted by Crippen LogP contribution is -2.38. The fourth-order valence-electron chi connectivity index (χ4n) is 2.17. The number of hydrogen-bond acceptors (Lipinski definition) is 4. The Labute approximate surface area is 102 Å². The quantitative estimate of drug-likeness (QED) is 0.782. The highest BCUT2D eigenvalue weighted by atomic mass is 15.2. The molecule has 0 N–H and O–H groups in total. The minimum absolute atomic E-state index is 0.379. The van der Waals surface area contributed by atoms with Gasteiger partial charge >= 0.3 is 0 Å². The lowest BCUT2D eigenvalue weighted by molar-refractivity contribution is 0.237. The van der Waals surface area contributed by atoms with Crippen molar-refractivity contribution in [3.63, 3.8) is 0 Å². The Balaban J connectivity index is 2.03. The molecule has 4 nitrogen and oxygen atoms in total. The Kier molecular flexibility index (Phi) is 3.28. The average Bonchev–Trinajstić information content (AvgIpc) is 2.40. The molecule has 0 aliphatic carbocycles. The molecule has 2 heterocycles. The average molecular weight is 230 g/mol. The van der Waals surface area contributed by atoms with E-state index in [4.69, 9.17) is 5.26 Å². The predicted molar refractivity (Wildman–Crippen MR) is 66.6 cm³/mol. The van der Waals surface area contributed by atoms with Crippen LogP contribution in [0.15, 0.2) is 12.4 Å². The Bertz CT molecular complexity index is 410. The van der Waals surface area contributed by atoms with Gasteiger partial charge in [0.1, 0.15) is 11.9 Å². The summed E-state index contributed by atoms with van der Waals surface area (Å²) in [6.07, 6.45) is 6.88. The molecule has 1 aliphatic rings. The van der Waals surface area contributed by atoms with Crippen molar-refractivity contribution in [2.45, 2.75) is 33.1 Å². The summed E-state index contributed by atoms with van der Waals surface area (Å²) in [5.74, 6) is 0.891. The number of nitriles is 1. The first-order chi connectivity index (χ1) is 8.17. The summed E-state index contributed by atoms with van der Waals surface area (Å²) in [5, 5.41) is 8.67. The Hall–Kier alpha value is -1.63. The normalized spacial score (nSPS) is 18.8. The molecule has 1 fully saturated rings. The van der Waals surface area contributed by atoms with Crippen LogP contribution in [0.25, 0.3) is 0 Å². The SMILES string of the molecule is CCC1(C)CCN(c2cnc(C#N)cn2)CC1. The number of nitrogens with zero attached hydrogens (tertiary/aromatic N) is 4. The van der Waals surface area contributed by atoms with E-state index in [1.165, 1.54) is 19.3 Å². The third kappa shape index (κ3) is 2.55. The molecule has 0 saturated carbocycles. The lowest BCUT2D eigenvalue weighted by Gasteiger charge is -2.39. The van der Waals surface area contributed by atoms with E-state index in [1.54, 1.807) is 12.4 Å². The van der Waals surface area contributed by atoms with Crippen LogP contribution >= 0.6 is 0 Å². The first-order valence-corrected chi connectivity index (χ1v) is 6.14. The molecule has 4 heteroatoms. The van der Waals surface area contributed by atoms with Gasteiger partial charge < -0.3 is 4.90 Å². The van der Waals surface area contributed by atoms with Crippen LogP contribution in [0.1, 0.15) is 38.8 Å². The van der Waals surface area contributed by atoms with Crippen molar-refractivity contribution >= 4 is 5.82 Å². The largest absolute Gasteiger partial charge is 0.355 e. The van der Waals surface area contributed by atoms with E-state index in [9.17, 15) is 0 Å². The third-order valence-electron chi connectivity index (χ3n) is 3.90. The molecule has 1 aliphatic heterocycles. The van der Waals surface area contributed by atoms with Gasteiger partial charge in [-0.05, 0) is 18.3 Å². The van der Waals surface area contributed by atoms with Crippen LogP contribution in [0.2, 0.25) is 0 Å². The smallest absolute Gasteiger partial charge is 0.158 e. The molecule has 0 aromatic carbocycles. The fraction of sp³-hybridized carbons (Fsp3) is 0.615. The number of aromatic nitrogens is 2. The Morgan fingerprint density at radius 3 is 2.53 bits per heavy atom. The maximum Gasteiger partial charge on any atom is 0.158 e. The molecule has 0 spiro atoms. The van der Waals surface area contributed by atoms with Gasteiger partial charge in [0.15, 0.2) is 5.69 Å². The fourth-order valence-corrected chi connectivity index (χ4v) is 2.17. The highest BCUT2D eigenvalue weighted by molar-refractivity contribution is 5.37. The van der Waals surface area contributed by atoms with E-state index in [1.807, 2.05) is 6.07 Å². The van der Waals surface area contributed by atoms with Gasteiger partial charge in [-0.3, -0.25) is 0 Å². The van der Waals surface area contributed by atoms with E-state index in [2.05, 4.69) is 28.7 Å². The van der Waals surface area contributed by atoms with Crippen molar-refractivity contribution in [1.29, 1.82) is 5.26 Å². The van der Waals surface area contributed by atoms with E-state index in [0.29, 0.717) is 11.1 Å². The Morgan fingerprint density at radius 2 is 2.06 bits per heavy atom. The van der Waals surface area contributed by atoms with Crippen LogP contribution in [-0.2, 0) is 0 Å². The zero-order valence-corrected chi connectivity index (χ0v) is 10.5. The third-order valence-corrected chi connectivity index (χ3v) is 3.90. The zero-order chi connectivity index (χ0) is 12.3. The molecule has 17 heavy (non-hydrogen) atoms. The Morgan fingerprint density at radius 1 is 1.35 bits per heavy atom. The van der Waals surface area contributed by atoms with Gasteiger partial charge in [-0.2, -0.15) is 5.26 Å². The van der Waals surface area contributed by atoms with Crippen molar-refractivity contribution in [1.82, 2.24) is 9.97 Å². The van der Waals surface area contributed by atoms with Crippen LogP contribution in [0.3, 0.4) is 0 Å². The maximum atomic E-state index is 8.67. The molecule has 0 amide bonds. The van der Waals surface area contributed by atoms with Crippen LogP contribution in [0, 0.1) is 16.7 Å². The zero-order valence-electron chi connectivity index (χ0n) is 10.5. The van der Waals surface area contributed by atoms with Crippen molar-refractivity contribution in [2.75, 3.05) is 18.0 Å². The van der Waals surface area contributed by atoms with E-state index in [0.717, 1.165) is 18.9 Å². The highest BCUT2D eigenvalue weighted by Gasteiger charge is 2.28. The summed E-state index contributed by atoms with van der Waals surface area (Å²) >= 11 is 0. The standard InChI is InChI=1S/C13H18N4/c1-3-13(2)4-6-17(7-5-13)12-10-15-11(8-14)9-16-12/h9-10H,3-7H2,1-2H3. The molecule has 0 bridgehead atoms. The summed E-state index contributed by atoms with van der Waals surface area (Å²) in [4.78, 5) is 10.6. The van der Waals surface area contributed by atoms with E-state index < -0.39 is 0 Å². The second-order valence-electron chi connectivity index (χ2n) is 5.02. The van der Waals surface area contributed by atoms with Crippen LogP contribution in [0.4, 0.5) is 5.82 Å². The monoisotopic (exact) mass is 230 g/mol. The van der Waals surface area contributed by atoms with Gasteiger partial charge in [0.25, 0.3) is 0 Å². The number of anilines is 1. The van der Waals surface area contributed by atoms with E-state index in [-0.39, 0.29) is 0 Å². The molecule has 90 valence electrons. The van der Waals surface area contributed by atoms with Crippen molar-refractivity contribution in [3.8, 4) is 6.07 Å². The summed E-state index contributed by atoms with van der Waals surface area (Å²) in [5.41, 5.74) is 0.862. The number of rotatable bonds is 2. The summed E-state index contributed by atoms with van der Waals surface area (Å²) in [6.45, 7) is 6.68. The topological polar surface area (TPSA) is 52.8 Å². The van der Waals surface area contributed by atoms with Crippen molar-refractivity contribution in [3.05, 3.63) is 18.1 Å². The highest BCUT2D eigenvalue weighted by Crippen LogP contribution is 2.34. The lowest BCUT2D eigenvalue weighted by atomic mass is 9.78. The molecule has 2 rings (SSSR count). The molecule has 1 saturated heterocycles. The van der Waals surface area contributed by atoms with Gasteiger partial charge in [-0.1, -0.05) is 20.3 Å². The first kappa shape index (κ1) is 11.8. The molecule has 0 radical (unpaired) electrons. The molecular formula is C13H18N4. The second-order valence-corrected chi connectivity index (χ2v) is 5.02. The van der Waals surface area contributed by atoms with Crippen LogP contribution < -0.4 is 4.90 Å². The van der Waals surface area contributed by atoms with Gasteiger partial charge in [0, 0.05) is 13.1 Å². The minimum atomic E-state index is 0.379. The summed E-state index contributed by atoms with van der Waals surface area (Å²) in [6, 6.07) is 1.99. The minimum Gasteiger partial charge on any atom is -0.355 e. The molecule has 0 unspecified atom stereocenters. The molecular weight excluding hydrogens is 212 g/mol. The van der Waals surface area contributed by atoms with Gasteiger partial charge in [0.2, 0.25) is 0 Å². The second kappa shape index (κ2) is 4.70. The summed E-state index contributed by atoms with van der Waals surface area (Å²) < 4.78 is 0. The number of piperidine rings is 1. The number of hydrogen-bond donors (Lipinski definition) is 0. The molecule has 1 aromatic rings.